The number of hydrogen-bond donors (Lipinski definition) is 1. The summed E-state index contributed by atoms with van der Waals surface area (Å²) in [6.45, 7) is 3.00. The summed E-state index contributed by atoms with van der Waals surface area (Å²) in [6.07, 6.45) is 1.07. The van der Waals surface area contributed by atoms with E-state index in [1.807, 2.05) is 0 Å². The number of aromatic nitrogens is 2. The van der Waals surface area contributed by atoms with Gasteiger partial charge in [-0.05, 0) is 12.3 Å². The molecule has 1 aliphatic heterocycles. The summed E-state index contributed by atoms with van der Waals surface area (Å²) in [7, 11) is 3.16. The van der Waals surface area contributed by atoms with Crippen molar-refractivity contribution in [2.45, 2.75) is 13.0 Å². The minimum absolute atomic E-state index is 0.265. The standard InChI is InChI=1S/C12H19N3O3/c1-14-10(5-11(16)15(2)12(14)17)7-13-6-9-3-4-18-8-9/h5,9,13H,3-4,6-8H2,1-2H3. The van der Waals surface area contributed by atoms with Crippen LogP contribution in [0.2, 0.25) is 0 Å². The highest BCUT2D eigenvalue weighted by atomic mass is 16.5. The van der Waals surface area contributed by atoms with Crippen molar-refractivity contribution in [2.75, 3.05) is 19.8 Å². The first-order chi connectivity index (χ1) is 8.59. The van der Waals surface area contributed by atoms with Gasteiger partial charge in [-0.3, -0.25) is 13.9 Å². The van der Waals surface area contributed by atoms with Gasteiger partial charge in [-0.1, -0.05) is 0 Å². The van der Waals surface area contributed by atoms with Gasteiger partial charge in [-0.2, -0.15) is 0 Å². The number of hydrogen-bond acceptors (Lipinski definition) is 4. The zero-order valence-corrected chi connectivity index (χ0v) is 10.8. The van der Waals surface area contributed by atoms with Crippen LogP contribution in [0.25, 0.3) is 0 Å². The first-order valence-electron chi connectivity index (χ1n) is 6.14. The Balaban J connectivity index is 2.01. The first-order valence-corrected chi connectivity index (χ1v) is 6.14. The van der Waals surface area contributed by atoms with E-state index in [1.54, 1.807) is 7.05 Å². The summed E-state index contributed by atoms with van der Waals surface area (Å²) in [5.41, 5.74) is 0.157. The van der Waals surface area contributed by atoms with Crippen molar-refractivity contribution >= 4 is 0 Å². The van der Waals surface area contributed by atoms with Crippen LogP contribution in [0.5, 0.6) is 0 Å². The van der Waals surface area contributed by atoms with Crippen LogP contribution in [0, 0.1) is 5.92 Å². The van der Waals surface area contributed by atoms with Crippen molar-refractivity contribution in [2.24, 2.45) is 20.0 Å². The van der Waals surface area contributed by atoms with E-state index in [0.717, 1.165) is 30.7 Å². The van der Waals surface area contributed by atoms with Crippen molar-refractivity contribution in [3.8, 4) is 0 Å². The van der Waals surface area contributed by atoms with Gasteiger partial charge in [0.25, 0.3) is 5.56 Å². The predicted molar refractivity (Wildman–Crippen MR) is 67.6 cm³/mol. The highest BCUT2D eigenvalue weighted by molar-refractivity contribution is 5.01. The minimum Gasteiger partial charge on any atom is -0.381 e. The zero-order chi connectivity index (χ0) is 13.1. The Morgan fingerprint density at radius 1 is 1.39 bits per heavy atom. The number of ether oxygens (including phenoxy) is 1. The molecule has 1 aromatic heterocycles. The second-order valence-corrected chi connectivity index (χ2v) is 4.74. The van der Waals surface area contributed by atoms with E-state index in [0.29, 0.717) is 18.2 Å². The summed E-state index contributed by atoms with van der Waals surface area (Å²) < 4.78 is 7.89. The Morgan fingerprint density at radius 3 is 2.83 bits per heavy atom. The number of nitrogens with zero attached hydrogens (tertiary/aromatic N) is 2. The molecular weight excluding hydrogens is 234 g/mol. The second kappa shape index (κ2) is 5.49. The molecular formula is C12H19N3O3. The Hall–Kier alpha value is -1.40. The quantitative estimate of drug-likeness (QED) is 0.764. The lowest BCUT2D eigenvalue weighted by Crippen LogP contribution is -2.39. The fourth-order valence-electron chi connectivity index (χ4n) is 2.10. The van der Waals surface area contributed by atoms with Crippen LogP contribution in [0.3, 0.4) is 0 Å². The molecule has 0 bridgehead atoms. The summed E-state index contributed by atoms with van der Waals surface area (Å²) in [5, 5.41) is 3.27. The Bertz CT molecular complexity index is 526. The Labute approximate surface area is 105 Å². The van der Waals surface area contributed by atoms with E-state index in [4.69, 9.17) is 4.74 Å². The van der Waals surface area contributed by atoms with Crippen LogP contribution >= 0.6 is 0 Å². The maximum atomic E-state index is 11.7. The number of nitrogens with one attached hydrogen (secondary N) is 1. The molecule has 1 aliphatic rings. The molecule has 6 nitrogen and oxygen atoms in total. The normalized spacial score (nSPS) is 19.3. The maximum Gasteiger partial charge on any atom is 0.330 e. The van der Waals surface area contributed by atoms with Gasteiger partial charge in [-0.25, -0.2) is 4.79 Å². The number of rotatable bonds is 4. The van der Waals surface area contributed by atoms with E-state index in [9.17, 15) is 9.59 Å². The molecule has 1 aromatic rings. The third-order valence-corrected chi connectivity index (χ3v) is 3.39. The fraction of sp³-hybridized carbons (Fsp3) is 0.667. The third-order valence-electron chi connectivity index (χ3n) is 3.39. The molecule has 0 aliphatic carbocycles. The highest BCUT2D eigenvalue weighted by Crippen LogP contribution is 2.10. The molecule has 1 N–H and O–H groups in total. The summed E-state index contributed by atoms with van der Waals surface area (Å²) in [5.74, 6) is 0.536. The topological polar surface area (TPSA) is 65.3 Å². The SMILES string of the molecule is Cn1c(CNCC2CCOC2)cc(=O)n(C)c1=O. The van der Waals surface area contributed by atoms with Gasteiger partial charge in [0.1, 0.15) is 0 Å². The average molecular weight is 253 g/mol. The minimum atomic E-state index is -0.288. The van der Waals surface area contributed by atoms with Crippen LogP contribution in [0.4, 0.5) is 0 Å². The maximum absolute atomic E-state index is 11.7. The van der Waals surface area contributed by atoms with Crippen LogP contribution in [-0.4, -0.2) is 28.9 Å². The molecule has 0 aromatic carbocycles. The van der Waals surface area contributed by atoms with Gasteiger partial charge in [0.15, 0.2) is 0 Å². The van der Waals surface area contributed by atoms with E-state index >= 15 is 0 Å². The predicted octanol–water partition coefficient (Wildman–Crippen LogP) is -0.790. The highest BCUT2D eigenvalue weighted by Gasteiger charge is 2.15. The first kappa shape index (κ1) is 13.0. The van der Waals surface area contributed by atoms with Gasteiger partial charge < -0.3 is 10.1 Å². The van der Waals surface area contributed by atoms with Gasteiger partial charge in [0, 0.05) is 45.6 Å². The van der Waals surface area contributed by atoms with Crippen molar-refractivity contribution < 1.29 is 4.74 Å². The molecule has 0 spiro atoms. The molecule has 1 saturated heterocycles. The molecule has 1 unspecified atom stereocenters. The van der Waals surface area contributed by atoms with E-state index in [1.165, 1.54) is 17.7 Å². The lowest BCUT2D eigenvalue weighted by molar-refractivity contribution is 0.185. The zero-order valence-electron chi connectivity index (χ0n) is 10.8. The van der Waals surface area contributed by atoms with Crippen molar-refractivity contribution in [1.29, 1.82) is 0 Å². The van der Waals surface area contributed by atoms with Crippen molar-refractivity contribution in [3.05, 3.63) is 32.6 Å². The molecule has 1 fully saturated rings. The smallest absolute Gasteiger partial charge is 0.330 e. The fourth-order valence-corrected chi connectivity index (χ4v) is 2.10. The van der Waals surface area contributed by atoms with Crippen molar-refractivity contribution in [1.82, 2.24) is 14.5 Å². The monoisotopic (exact) mass is 253 g/mol. The average Bonchev–Trinajstić information content (AvgIpc) is 2.86. The molecule has 0 amide bonds. The third kappa shape index (κ3) is 2.70. The van der Waals surface area contributed by atoms with Crippen LogP contribution in [-0.2, 0) is 25.4 Å². The van der Waals surface area contributed by atoms with E-state index < -0.39 is 0 Å². The molecule has 1 atom stereocenters. The summed E-state index contributed by atoms with van der Waals surface area (Å²) >= 11 is 0. The van der Waals surface area contributed by atoms with Crippen LogP contribution in [0.15, 0.2) is 15.7 Å². The lowest BCUT2D eigenvalue weighted by Gasteiger charge is -2.12. The summed E-state index contributed by atoms with van der Waals surface area (Å²) in [4.78, 5) is 23.2. The molecule has 18 heavy (non-hydrogen) atoms. The van der Waals surface area contributed by atoms with Gasteiger partial charge in [-0.15, -0.1) is 0 Å². The van der Waals surface area contributed by atoms with Gasteiger partial charge >= 0.3 is 5.69 Å². The lowest BCUT2D eigenvalue weighted by atomic mass is 10.1. The Kier molecular flexibility index (Phi) is 3.98. The van der Waals surface area contributed by atoms with Crippen molar-refractivity contribution in [3.63, 3.8) is 0 Å². The molecule has 6 heteroatoms. The second-order valence-electron chi connectivity index (χ2n) is 4.74. The van der Waals surface area contributed by atoms with E-state index in [-0.39, 0.29) is 11.2 Å². The Morgan fingerprint density at radius 2 is 2.17 bits per heavy atom. The van der Waals surface area contributed by atoms with Crippen LogP contribution < -0.4 is 16.6 Å². The van der Waals surface area contributed by atoms with E-state index in [2.05, 4.69) is 5.32 Å². The molecule has 0 saturated carbocycles. The van der Waals surface area contributed by atoms with Crippen LogP contribution in [0.1, 0.15) is 12.1 Å². The molecule has 2 rings (SSSR count). The van der Waals surface area contributed by atoms with Gasteiger partial charge in [0.05, 0.1) is 6.61 Å². The largest absolute Gasteiger partial charge is 0.381 e. The van der Waals surface area contributed by atoms with Gasteiger partial charge in [0.2, 0.25) is 0 Å². The summed E-state index contributed by atoms with van der Waals surface area (Å²) in [6, 6.07) is 1.50. The molecule has 100 valence electrons. The molecule has 0 radical (unpaired) electrons. The molecule has 2 heterocycles.